The van der Waals surface area contributed by atoms with Crippen LogP contribution in [0.1, 0.15) is 58.8 Å². The molecule has 0 aliphatic heterocycles. The third-order valence-electron chi connectivity index (χ3n) is 5.13. The maximum atomic E-state index is 12.9. The number of hydrogen-bond donors (Lipinski definition) is 8. The number of nitrogens with one attached hydrogen (secondary N) is 3. The van der Waals surface area contributed by atoms with Gasteiger partial charge in [0.15, 0.2) is 0 Å². The maximum Gasteiger partial charge on any atom is 0.326 e. The van der Waals surface area contributed by atoms with Crippen LogP contribution in [-0.2, 0) is 28.8 Å². The molecule has 35 heavy (non-hydrogen) atoms. The monoisotopic (exact) mass is 502 g/mol. The van der Waals surface area contributed by atoms with Gasteiger partial charge in [0.05, 0.1) is 6.04 Å². The minimum Gasteiger partial charge on any atom is -0.481 e. The van der Waals surface area contributed by atoms with Gasteiger partial charge in [-0.2, -0.15) is 0 Å². The number of carbonyl (C=O) groups excluding carboxylic acids is 4. The van der Waals surface area contributed by atoms with E-state index < -0.39 is 65.7 Å². The molecule has 0 saturated heterocycles. The number of carbonyl (C=O) groups is 6. The third kappa shape index (κ3) is 13.3. The zero-order chi connectivity index (χ0) is 27.1. The summed E-state index contributed by atoms with van der Waals surface area (Å²) in [5, 5.41) is 25.4. The van der Waals surface area contributed by atoms with Crippen LogP contribution < -0.4 is 33.2 Å². The fourth-order valence-electron chi connectivity index (χ4n) is 3.04. The van der Waals surface area contributed by atoms with E-state index in [9.17, 15) is 33.9 Å². The number of hydrogen-bond acceptors (Lipinski definition) is 8. The van der Waals surface area contributed by atoms with Gasteiger partial charge < -0.3 is 43.4 Å². The van der Waals surface area contributed by atoms with Crippen LogP contribution in [0.2, 0.25) is 0 Å². The van der Waals surface area contributed by atoms with Crippen molar-refractivity contribution < 1.29 is 39.0 Å². The molecule has 4 atom stereocenters. The first kappa shape index (κ1) is 31.7. The van der Waals surface area contributed by atoms with E-state index >= 15 is 0 Å². The normalized spacial score (nSPS) is 14.3. The van der Waals surface area contributed by atoms with Crippen LogP contribution in [0.15, 0.2) is 0 Å². The van der Waals surface area contributed by atoms with Crippen molar-refractivity contribution in [2.45, 2.75) is 83.0 Å². The van der Waals surface area contributed by atoms with Crippen molar-refractivity contribution in [3.63, 3.8) is 0 Å². The second-order valence-electron chi connectivity index (χ2n) is 8.52. The third-order valence-corrected chi connectivity index (χ3v) is 5.13. The van der Waals surface area contributed by atoms with Gasteiger partial charge >= 0.3 is 11.9 Å². The minimum atomic E-state index is -1.39. The van der Waals surface area contributed by atoms with E-state index in [0.29, 0.717) is 19.4 Å². The number of carboxylic acid groups (broad SMARTS) is 2. The van der Waals surface area contributed by atoms with E-state index in [4.69, 9.17) is 22.3 Å². The van der Waals surface area contributed by atoms with Crippen molar-refractivity contribution >= 4 is 35.6 Å². The van der Waals surface area contributed by atoms with Gasteiger partial charge in [0, 0.05) is 12.8 Å². The number of carboxylic acids is 2. The van der Waals surface area contributed by atoms with Crippen molar-refractivity contribution in [2.24, 2.45) is 23.1 Å². The first-order chi connectivity index (χ1) is 16.3. The Balaban J connectivity index is 5.43. The van der Waals surface area contributed by atoms with Crippen LogP contribution in [0.4, 0.5) is 0 Å². The Morgan fingerprint density at radius 2 is 1.37 bits per heavy atom. The molecule has 0 saturated carbocycles. The molecule has 11 N–H and O–H groups in total. The number of rotatable bonds is 18. The number of amides is 4. The average molecular weight is 503 g/mol. The first-order valence-electron chi connectivity index (χ1n) is 11.4. The summed E-state index contributed by atoms with van der Waals surface area (Å²) in [6, 6.07) is -4.77. The summed E-state index contributed by atoms with van der Waals surface area (Å²) >= 11 is 0. The number of aliphatic carboxylic acids is 2. The van der Waals surface area contributed by atoms with E-state index in [2.05, 4.69) is 16.0 Å². The molecule has 0 aromatic carbocycles. The first-order valence-corrected chi connectivity index (χ1v) is 11.4. The van der Waals surface area contributed by atoms with E-state index in [0.717, 1.165) is 0 Å². The Bertz CT molecular complexity index is 760. The van der Waals surface area contributed by atoms with Gasteiger partial charge in [-0.05, 0) is 44.6 Å². The molecule has 14 nitrogen and oxygen atoms in total. The Hall–Kier alpha value is -3.26. The molecule has 0 aliphatic carbocycles. The van der Waals surface area contributed by atoms with Crippen molar-refractivity contribution in [1.82, 2.24) is 16.0 Å². The van der Waals surface area contributed by atoms with E-state index in [1.165, 1.54) is 0 Å². The Kier molecular flexibility index (Phi) is 14.9. The highest BCUT2D eigenvalue weighted by Gasteiger charge is 2.31. The van der Waals surface area contributed by atoms with E-state index in [1.54, 1.807) is 13.8 Å². The SMILES string of the molecule is CC(C)C(NC(=O)C(N)CCC(=O)O)C(=O)NC(CCCCN)C(=O)NC(CCC(N)=O)C(=O)O. The molecule has 0 spiro atoms. The molecular weight excluding hydrogens is 464 g/mol. The lowest BCUT2D eigenvalue weighted by atomic mass is 10.0. The number of primary amides is 1. The van der Waals surface area contributed by atoms with Crippen molar-refractivity contribution in [3.05, 3.63) is 0 Å². The summed E-state index contributed by atoms with van der Waals surface area (Å²) in [5.74, 6) is -5.82. The molecule has 0 aliphatic rings. The van der Waals surface area contributed by atoms with Crippen molar-refractivity contribution in [3.8, 4) is 0 Å². The minimum absolute atomic E-state index is 0.125. The molecule has 200 valence electrons. The lowest BCUT2D eigenvalue weighted by Gasteiger charge is -2.27. The lowest BCUT2D eigenvalue weighted by molar-refractivity contribution is -0.143. The van der Waals surface area contributed by atoms with Gasteiger partial charge in [0.1, 0.15) is 18.1 Å². The van der Waals surface area contributed by atoms with Gasteiger partial charge in [-0.1, -0.05) is 13.8 Å². The second-order valence-corrected chi connectivity index (χ2v) is 8.52. The van der Waals surface area contributed by atoms with Gasteiger partial charge in [-0.3, -0.25) is 24.0 Å². The topological polar surface area (TPSA) is 257 Å². The molecule has 0 bridgehead atoms. The predicted octanol–water partition coefficient (Wildman–Crippen LogP) is -2.23. The highest BCUT2D eigenvalue weighted by Crippen LogP contribution is 2.08. The van der Waals surface area contributed by atoms with Crippen LogP contribution in [0.5, 0.6) is 0 Å². The van der Waals surface area contributed by atoms with Crippen molar-refractivity contribution in [1.29, 1.82) is 0 Å². The standard InChI is InChI=1S/C21H38N6O8/c1-11(2)17(27-18(31)12(23)6-9-16(29)30)20(33)25-13(5-3-4-10-22)19(32)26-14(21(34)35)7-8-15(24)28/h11-14,17H,3-10,22-23H2,1-2H3,(H2,24,28)(H,25,33)(H,26,32)(H,27,31)(H,29,30)(H,34,35). The van der Waals surface area contributed by atoms with Gasteiger partial charge in [-0.25, -0.2) is 4.79 Å². The van der Waals surface area contributed by atoms with Crippen LogP contribution >= 0.6 is 0 Å². The molecule has 0 radical (unpaired) electrons. The van der Waals surface area contributed by atoms with Crippen LogP contribution in [0, 0.1) is 5.92 Å². The fourth-order valence-corrected chi connectivity index (χ4v) is 3.04. The average Bonchev–Trinajstić information content (AvgIpc) is 2.76. The summed E-state index contributed by atoms with van der Waals surface area (Å²) in [6.07, 6.45) is 0.216. The van der Waals surface area contributed by atoms with E-state index in [1.807, 2.05) is 0 Å². The molecule has 0 aromatic rings. The fraction of sp³-hybridized carbons (Fsp3) is 0.714. The molecule has 0 aromatic heterocycles. The summed E-state index contributed by atoms with van der Waals surface area (Å²) in [5.41, 5.74) is 16.2. The molecule has 0 heterocycles. The largest absolute Gasteiger partial charge is 0.481 e. The number of nitrogens with two attached hydrogens (primary N) is 3. The molecule has 0 fully saturated rings. The Morgan fingerprint density at radius 3 is 1.86 bits per heavy atom. The molecule has 4 amide bonds. The Labute approximate surface area is 203 Å². The lowest BCUT2D eigenvalue weighted by Crippen LogP contribution is -2.58. The highest BCUT2D eigenvalue weighted by molar-refractivity contribution is 5.94. The smallest absolute Gasteiger partial charge is 0.326 e. The number of unbranched alkanes of at least 4 members (excludes halogenated alkanes) is 1. The van der Waals surface area contributed by atoms with Gasteiger partial charge in [-0.15, -0.1) is 0 Å². The van der Waals surface area contributed by atoms with Crippen LogP contribution in [0.25, 0.3) is 0 Å². The van der Waals surface area contributed by atoms with Crippen LogP contribution in [-0.4, -0.2) is 76.5 Å². The predicted molar refractivity (Wildman–Crippen MR) is 124 cm³/mol. The maximum absolute atomic E-state index is 12.9. The van der Waals surface area contributed by atoms with Crippen molar-refractivity contribution in [2.75, 3.05) is 6.54 Å². The summed E-state index contributed by atoms with van der Waals surface area (Å²) in [4.78, 5) is 71.2. The quantitative estimate of drug-likeness (QED) is 0.0935. The Morgan fingerprint density at radius 1 is 0.771 bits per heavy atom. The zero-order valence-electron chi connectivity index (χ0n) is 20.1. The second kappa shape index (κ2) is 16.4. The van der Waals surface area contributed by atoms with Gasteiger partial charge in [0.2, 0.25) is 23.6 Å². The van der Waals surface area contributed by atoms with Crippen LogP contribution in [0.3, 0.4) is 0 Å². The summed E-state index contributed by atoms with van der Waals surface area (Å²) in [7, 11) is 0. The molecule has 0 rings (SSSR count). The molecule has 4 unspecified atom stereocenters. The summed E-state index contributed by atoms with van der Waals surface area (Å²) < 4.78 is 0. The highest BCUT2D eigenvalue weighted by atomic mass is 16.4. The molecular formula is C21H38N6O8. The van der Waals surface area contributed by atoms with E-state index in [-0.39, 0.29) is 32.1 Å². The molecule has 14 heteroatoms. The zero-order valence-corrected chi connectivity index (χ0v) is 20.1. The van der Waals surface area contributed by atoms with Gasteiger partial charge in [0.25, 0.3) is 0 Å². The summed E-state index contributed by atoms with van der Waals surface area (Å²) in [6.45, 7) is 3.65.